The van der Waals surface area contributed by atoms with E-state index in [1.807, 2.05) is 36.4 Å². The van der Waals surface area contributed by atoms with Crippen LogP contribution in [0.2, 0.25) is 0 Å². The highest BCUT2D eigenvalue weighted by Crippen LogP contribution is 1.99. The number of carboxylic acids is 2. The highest BCUT2D eigenvalue weighted by molar-refractivity contribution is 9.21. The second kappa shape index (κ2) is 13.6. The van der Waals surface area contributed by atoms with E-state index in [0.717, 1.165) is 0 Å². The maximum Gasteiger partial charge on any atom is 0.414 e. The summed E-state index contributed by atoms with van der Waals surface area (Å²) in [6.45, 7) is 0. The van der Waals surface area contributed by atoms with E-state index in [9.17, 15) is 0 Å². The van der Waals surface area contributed by atoms with E-state index in [4.69, 9.17) is 19.8 Å². The molecular weight excluding hydrogens is 428 g/mol. The molecule has 1 aromatic rings. The molecule has 0 radical (unpaired) electrons. The van der Waals surface area contributed by atoms with Crippen LogP contribution >= 0.6 is 48.4 Å². The number of hydrogen-bond acceptors (Lipinski definition) is 4. The summed E-state index contributed by atoms with van der Waals surface area (Å²) in [5.74, 6) is -3.65. The first kappa shape index (κ1) is 18.9. The number of hydrazine groups is 1. The molecule has 96 valence electrons. The summed E-state index contributed by atoms with van der Waals surface area (Å²) in [5.41, 5.74) is 0. The van der Waals surface area contributed by atoms with E-state index in [1.165, 1.54) is 3.06 Å². The molecule has 0 amide bonds. The van der Waals surface area contributed by atoms with Crippen molar-refractivity contribution >= 4 is 60.4 Å². The molecule has 0 unspecified atom stereocenters. The van der Waals surface area contributed by atoms with Gasteiger partial charge >= 0.3 is 11.9 Å². The van der Waals surface area contributed by atoms with Gasteiger partial charge in [0.1, 0.15) is 0 Å². The third-order valence-electron chi connectivity index (χ3n) is 0.914. The highest BCUT2D eigenvalue weighted by atomic mass is 79.9. The second-order valence-electron chi connectivity index (χ2n) is 2.08. The summed E-state index contributed by atoms with van der Waals surface area (Å²) in [6.07, 6.45) is 0. The summed E-state index contributed by atoms with van der Waals surface area (Å²) in [5, 5.41) is 14.8. The number of carboxylic acid groups (broad SMARTS) is 2. The van der Waals surface area contributed by atoms with Gasteiger partial charge in [-0.1, -0.05) is 36.4 Å². The van der Waals surface area contributed by atoms with Gasteiger partial charge in [0, 0.05) is 48.4 Å². The smallest absolute Gasteiger partial charge is 0.414 e. The van der Waals surface area contributed by atoms with Crippen LogP contribution in [0, 0.1) is 0 Å². The summed E-state index contributed by atoms with van der Waals surface area (Å²) in [6, 6.07) is 12.0. The van der Waals surface area contributed by atoms with Crippen LogP contribution in [-0.4, -0.2) is 25.2 Å². The van der Waals surface area contributed by atoms with Crippen molar-refractivity contribution < 1.29 is 19.8 Å². The predicted molar refractivity (Wildman–Crippen MR) is 73.5 cm³/mol. The number of hydrogen-bond donors (Lipinski definition) is 3. The lowest BCUT2D eigenvalue weighted by Crippen LogP contribution is -2.09. The number of nitrogens with one attached hydrogen (secondary N) is 1. The monoisotopic (exact) mass is 434 g/mol. The number of halogens is 3. The minimum Gasteiger partial charge on any atom is -0.473 e. The molecule has 9 heteroatoms. The number of carbonyl (C=O) groups is 2. The highest BCUT2D eigenvalue weighted by Gasteiger charge is 2.04. The molecular formula is C8H9Br3N2O4. The number of aliphatic carboxylic acids is 2. The normalized spacial score (nSPS) is 8.24. The minimum atomic E-state index is -1.82. The largest absolute Gasteiger partial charge is 0.473 e. The Hall–Kier alpha value is -0.480. The fourth-order valence-electron chi connectivity index (χ4n) is 0.385. The first-order valence-electron chi connectivity index (χ1n) is 3.86. The van der Waals surface area contributed by atoms with Gasteiger partial charge in [-0.3, -0.25) is 0 Å². The third kappa shape index (κ3) is 21.4. The Balaban J connectivity index is 0. The zero-order valence-electron chi connectivity index (χ0n) is 8.26. The number of rotatable bonds is 1. The maximum absolute atomic E-state index is 9.10. The Morgan fingerprint density at radius 1 is 0.882 bits per heavy atom. The van der Waals surface area contributed by atoms with Gasteiger partial charge in [0.25, 0.3) is 0 Å². The van der Waals surface area contributed by atoms with Gasteiger partial charge in [-0.25, -0.2) is 9.59 Å². The van der Waals surface area contributed by atoms with Gasteiger partial charge < -0.3 is 10.2 Å². The van der Waals surface area contributed by atoms with Crippen LogP contribution < -0.4 is 4.45 Å². The van der Waals surface area contributed by atoms with Gasteiger partial charge in [-0.2, -0.15) is 4.45 Å². The fraction of sp³-hybridized carbons (Fsp3) is 0. The molecule has 0 saturated carbocycles. The summed E-state index contributed by atoms with van der Waals surface area (Å²) >= 11 is 8.83. The van der Waals surface area contributed by atoms with Crippen molar-refractivity contribution in [2.45, 2.75) is 0 Å². The quantitative estimate of drug-likeness (QED) is 0.356. The molecule has 1 aromatic carbocycles. The lowest BCUT2D eigenvalue weighted by atomic mass is 10.4. The van der Waals surface area contributed by atoms with Gasteiger partial charge in [-0.05, 0) is 0 Å². The Morgan fingerprint density at radius 2 is 1.06 bits per heavy atom. The zero-order chi connectivity index (χ0) is 13.7. The number of benzene rings is 1. The molecule has 0 fully saturated rings. The molecule has 0 aliphatic heterocycles. The molecule has 0 atom stereocenters. The Morgan fingerprint density at radius 3 is 1.12 bits per heavy atom. The van der Waals surface area contributed by atoms with Gasteiger partial charge in [0.05, 0.1) is 0 Å². The SMILES string of the molecule is BrNN(Br)Br.O=C(O)C(=O)O.c1ccccc1. The van der Waals surface area contributed by atoms with Crippen molar-refractivity contribution in [3.05, 3.63) is 36.4 Å². The molecule has 0 spiro atoms. The first-order valence-corrected chi connectivity index (χ1v) is 6.07. The lowest BCUT2D eigenvalue weighted by Gasteiger charge is -1.92. The summed E-state index contributed by atoms with van der Waals surface area (Å²) in [4.78, 5) is 18.2. The van der Waals surface area contributed by atoms with Crippen molar-refractivity contribution in [2.75, 3.05) is 0 Å². The van der Waals surface area contributed by atoms with Gasteiger partial charge in [0.2, 0.25) is 0 Å². The van der Waals surface area contributed by atoms with E-state index < -0.39 is 11.9 Å². The van der Waals surface area contributed by atoms with Crippen molar-refractivity contribution in [2.24, 2.45) is 0 Å². The topological polar surface area (TPSA) is 89.9 Å². The molecule has 17 heavy (non-hydrogen) atoms. The Bertz CT molecular complexity index is 272. The average Bonchev–Trinajstić information content (AvgIpc) is 2.32. The van der Waals surface area contributed by atoms with Crippen LogP contribution in [0.5, 0.6) is 0 Å². The Labute approximate surface area is 124 Å². The van der Waals surface area contributed by atoms with E-state index in [1.54, 1.807) is 0 Å². The van der Waals surface area contributed by atoms with E-state index in [-0.39, 0.29) is 0 Å². The Kier molecular flexibility index (Phi) is 15.1. The molecule has 0 aliphatic carbocycles. The lowest BCUT2D eigenvalue weighted by molar-refractivity contribution is -0.159. The molecule has 6 nitrogen and oxygen atoms in total. The number of nitrogens with zero attached hydrogens (tertiary/aromatic N) is 1. The molecule has 1 rings (SSSR count). The van der Waals surface area contributed by atoms with E-state index >= 15 is 0 Å². The van der Waals surface area contributed by atoms with Crippen LogP contribution in [0.1, 0.15) is 0 Å². The fourth-order valence-corrected chi connectivity index (χ4v) is 0.385. The van der Waals surface area contributed by atoms with E-state index in [0.29, 0.717) is 0 Å². The maximum atomic E-state index is 9.10. The van der Waals surface area contributed by atoms with E-state index in [2.05, 4.69) is 52.9 Å². The zero-order valence-corrected chi connectivity index (χ0v) is 13.0. The first-order chi connectivity index (χ1) is 7.91. The van der Waals surface area contributed by atoms with Crippen LogP contribution in [0.25, 0.3) is 0 Å². The van der Waals surface area contributed by atoms with Crippen LogP contribution in [0.15, 0.2) is 36.4 Å². The molecule has 0 bridgehead atoms. The second-order valence-corrected chi connectivity index (χ2v) is 4.81. The van der Waals surface area contributed by atoms with Crippen LogP contribution in [-0.2, 0) is 9.59 Å². The minimum absolute atomic E-state index is 1.42. The predicted octanol–water partition coefficient (Wildman–Crippen LogP) is 2.56. The molecule has 0 saturated heterocycles. The van der Waals surface area contributed by atoms with Gasteiger partial charge in [-0.15, -0.1) is 3.06 Å². The molecule has 0 heterocycles. The van der Waals surface area contributed by atoms with Crippen LogP contribution in [0.3, 0.4) is 0 Å². The summed E-state index contributed by atoms with van der Waals surface area (Å²) in [7, 11) is 0. The summed E-state index contributed by atoms with van der Waals surface area (Å²) < 4.78 is 3.92. The molecule has 0 aromatic heterocycles. The third-order valence-corrected chi connectivity index (χ3v) is 2.57. The standard InChI is InChI=1S/C6H6.C2H2O4.Br3HN2/c1-2-4-6-5-3-1;3-1(4)2(5)6;1-4-5(2)3/h1-6H;(H,3,4)(H,5,6);4H. The van der Waals surface area contributed by atoms with Gasteiger partial charge in [0.15, 0.2) is 0 Å². The van der Waals surface area contributed by atoms with Crippen molar-refractivity contribution in [3.63, 3.8) is 0 Å². The van der Waals surface area contributed by atoms with Crippen molar-refractivity contribution in [1.29, 1.82) is 0 Å². The van der Waals surface area contributed by atoms with Crippen molar-refractivity contribution in [3.8, 4) is 0 Å². The average molecular weight is 437 g/mol. The van der Waals surface area contributed by atoms with Crippen molar-refractivity contribution in [1.82, 2.24) is 7.51 Å². The molecule has 3 N–H and O–H groups in total. The molecule has 0 aliphatic rings. The van der Waals surface area contributed by atoms with Crippen LogP contribution in [0.4, 0.5) is 0 Å².